The Morgan fingerprint density at radius 3 is 1.44 bits per heavy atom. The van der Waals surface area contributed by atoms with Crippen LogP contribution in [0.1, 0.15) is 18.1 Å². The van der Waals surface area contributed by atoms with Gasteiger partial charge in [-0.1, -0.05) is 87.0 Å². The van der Waals surface area contributed by atoms with Crippen molar-refractivity contribution < 1.29 is 38.0 Å². The number of rotatable bonds is 20. The molecule has 4 aromatic rings. The molecule has 10 nitrogen and oxygen atoms in total. The Kier molecular flexibility index (Phi) is 15.0. The molecule has 0 aliphatic heterocycles. The van der Waals surface area contributed by atoms with Crippen LogP contribution in [0.25, 0.3) is 0 Å². The number of hydrogen-bond donors (Lipinski definition) is 2. The van der Waals surface area contributed by atoms with Gasteiger partial charge in [-0.25, -0.2) is 9.59 Å². The van der Waals surface area contributed by atoms with E-state index in [9.17, 15) is 9.59 Å². The molecule has 2 amide bonds. The first kappa shape index (κ1) is 38.4. The van der Waals surface area contributed by atoms with Gasteiger partial charge in [-0.2, -0.15) is 0 Å². The largest absolute Gasteiger partial charge is 0.490 e. The van der Waals surface area contributed by atoms with Gasteiger partial charge in [-0.05, 0) is 84.7 Å². The van der Waals surface area contributed by atoms with Crippen LogP contribution in [0.4, 0.5) is 21.0 Å². The van der Waals surface area contributed by atoms with Crippen LogP contribution >= 0.6 is 0 Å². The van der Waals surface area contributed by atoms with E-state index in [1.807, 2.05) is 84.9 Å². The molecule has 52 heavy (non-hydrogen) atoms. The van der Waals surface area contributed by atoms with Gasteiger partial charge in [0, 0.05) is 11.4 Å². The maximum atomic E-state index is 12.8. The average Bonchev–Trinajstić information content (AvgIpc) is 3.15. The van der Waals surface area contributed by atoms with Crippen molar-refractivity contribution in [3.8, 4) is 11.5 Å². The first-order chi connectivity index (χ1) is 25.2. The van der Waals surface area contributed by atoms with E-state index in [0.29, 0.717) is 46.4 Å². The van der Waals surface area contributed by atoms with Crippen molar-refractivity contribution in [1.29, 1.82) is 0 Å². The van der Waals surface area contributed by atoms with Gasteiger partial charge in [0.15, 0.2) is 12.2 Å². The standard InChI is InChI=1S/C42H44N2O8/c1-6-31(4)47-26-39(28-49-37-13-9-7-10-14-37)51-41(45)43-35-21-17-33(18-22-35)25-34-19-23-36(24-20-34)44-42(46)52-40(27-48-32(5)30(2)3)29-50-38-15-11-8-12-16-38/h6-24,39-40H,1-2,4-5,25-29H2,3H3,(H,43,45)(H,44,46). The number of carbonyl (C=O) groups excluding carboxylic acids is 2. The van der Waals surface area contributed by atoms with Crippen molar-refractivity contribution in [3.05, 3.63) is 170 Å². The SMILES string of the molecule is C=CC(=C)OCC(COc1ccccc1)OC(=O)Nc1ccc(Cc2ccc(NC(=O)OC(COC(=C)C(=C)C)COc3ccccc3)cc2)cc1. The molecule has 0 fully saturated rings. The van der Waals surface area contributed by atoms with Gasteiger partial charge in [0.2, 0.25) is 0 Å². The lowest BCUT2D eigenvalue weighted by Gasteiger charge is -2.20. The van der Waals surface area contributed by atoms with E-state index in [2.05, 4.69) is 36.9 Å². The van der Waals surface area contributed by atoms with E-state index in [0.717, 1.165) is 11.1 Å². The predicted octanol–water partition coefficient (Wildman–Crippen LogP) is 9.09. The summed E-state index contributed by atoms with van der Waals surface area (Å²) in [6.45, 7) is 17.0. The Bertz CT molecular complexity index is 1770. The number of ether oxygens (including phenoxy) is 6. The smallest absolute Gasteiger partial charge is 0.412 e. The fourth-order valence-corrected chi connectivity index (χ4v) is 4.46. The van der Waals surface area contributed by atoms with Crippen LogP contribution in [0.5, 0.6) is 11.5 Å². The van der Waals surface area contributed by atoms with Crippen LogP contribution < -0.4 is 20.1 Å². The number of nitrogens with one attached hydrogen (secondary N) is 2. The summed E-state index contributed by atoms with van der Waals surface area (Å²) in [5.74, 6) is 2.06. The van der Waals surface area contributed by atoms with E-state index in [-0.39, 0.29) is 26.4 Å². The molecule has 4 aromatic carbocycles. The van der Waals surface area contributed by atoms with E-state index < -0.39 is 24.4 Å². The lowest BCUT2D eigenvalue weighted by molar-refractivity contribution is 0.0255. The van der Waals surface area contributed by atoms with Crippen molar-refractivity contribution in [2.24, 2.45) is 0 Å². The van der Waals surface area contributed by atoms with Crippen molar-refractivity contribution in [1.82, 2.24) is 0 Å². The van der Waals surface area contributed by atoms with E-state index in [4.69, 9.17) is 28.4 Å². The zero-order valence-corrected chi connectivity index (χ0v) is 29.3. The third-order valence-electron chi connectivity index (χ3n) is 7.32. The molecule has 4 rings (SSSR count). The highest BCUT2D eigenvalue weighted by atomic mass is 16.6. The molecule has 0 aliphatic rings. The normalized spacial score (nSPS) is 11.5. The summed E-state index contributed by atoms with van der Waals surface area (Å²) >= 11 is 0. The lowest BCUT2D eigenvalue weighted by Crippen LogP contribution is -2.31. The molecule has 0 saturated carbocycles. The Labute approximate surface area is 305 Å². The van der Waals surface area contributed by atoms with Gasteiger partial charge in [0.1, 0.15) is 49.4 Å². The van der Waals surface area contributed by atoms with Crippen molar-refractivity contribution >= 4 is 23.6 Å². The highest BCUT2D eigenvalue weighted by Crippen LogP contribution is 2.18. The third kappa shape index (κ3) is 13.8. The number of benzene rings is 4. The summed E-state index contributed by atoms with van der Waals surface area (Å²) in [5, 5.41) is 5.50. The highest BCUT2D eigenvalue weighted by molar-refractivity contribution is 5.85. The summed E-state index contributed by atoms with van der Waals surface area (Å²) in [6.07, 6.45) is -0.606. The molecule has 0 aliphatic carbocycles. The Morgan fingerprint density at radius 1 is 0.615 bits per heavy atom. The number of allylic oxidation sites excluding steroid dienone is 2. The number of anilines is 2. The van der Waals surface area contributed by atoms with E-state index in [1.165, 1.54) is 6.08 Å². The summed E-state index contributed by atoms with van der Waals surface area (Å²) < 4.78 is 33.9. The lowest BCUT2D eigenvalue weighted by atomic mass is 10.0. The van der Waals surface area contributed by atoms with Gasteiger partial charge >= 0.3 is 12.2 Å². The van der Waals surface area contributed by atoms with Crippen LogP contribution in [-0.4, -0.2) is 50.8 Å². The van der Waals surface area contributed by atoms with Gasteiger partial charge in [0.25, 0.3) is 0 Å². The van der Waals surface area contributed by atoms with Crippen LogP contribution in [-0.2, 0) is 25.4 Å². The molecule has 2 atom stereocenters. The molecule has 0 heterocycles. The fraction of sp³-hybridized carbons (Fsp3) is 0.190. The molecule has 0 aromatic heterocycles. The van der Waals surface area contributed by atoms with Gasteiger partial charge < -0.3 is 28.4 Å². The molecule has 0 bridgehead atoms. The van der Waals surface area contributed by atoms with Gasteiger partial charge in [-0.15, -0.1) is 0 Å². The minimum Gasteiger partial charge on any atom is -0.490 e. The van der Waals surface area contributed by atoms with Crippen molar-refractivity contribution in [2.75, 3.05) is 37.1 Å². The number of hydrogen-bond acceptors (Lipinski definition) is 8. The molecule has 0 radical (unpaired) electrons. The average molecular weight is 705 g/mol. The molecular weight excluding hydrogens is 660 g/mol. The Hall–Kier alpha value is -6.42. The first-order valence-corrected chi connectivity index (χ1v) is 16.6. The van der Waals surface area contributed by atoms with Crippen LogP contribution in [0.3, 0.4) is 0 Å². The second-order valence-corrected chi connectivity index (χ2v) is 11.6. The van der Waals surface area contributed by atoms with Gasteiger partial charge in [0.05, 0.1) is 0 Å². The zero-order chi connectivity index (χ0) is 37.1. The Morgan fingerprint density at radius 2 is 1.04 bits per heavy atom. The molecule has 2 N–H and O–H groups in total. The minimum absolute atomic E-state index is 0.0467. The summed E-state index contributed by atoms with van der Waals surface area (Å²) in [7, 11) is 0. The van der Waals surface area contributed by atoms with Crippen LogP contribution in [0, 0.1) is 0 Å². The number of amides is 2. The Balaban J connectivity index is 1.25. The second kappa shape index (κ2) is 20.3. The minimum atomic E-state index is -0.707. The molecule has 0 spiro atoms. The maximum Gasteiger partial charge on any atom is 0.412 e. The molecular formula is C42H44N2O8. The van der Waals surface area contributed by atoms with Crippen molar-refractivity contribution in [3.63, 3.8) is 0 Å². The molecule has 2 unspecified atom stereocenters. The van der Waals surface area contributed by atoms with Crippen LogP contribution in [0.15, 0.2) is 159 Å². The first-order valence-electron chi connectivity index (χ1n) is 16.6. The molecule has 0 saturated heterocycles. The predicted molar refractivity (Wildman–Crippen MR) is 203 cm³/mol. The van der Waals surface area contributed by atoms with Crippen molar-refractivity contribution in [2.45, 2.75) is 25.6 Å². The quantitative estimate of drug-likeness (QED) is 0.0692. The van der Waals surface area contributed by atoms with E-state index >= 15 is 0 Å². The topological polar surface area (TPSA) is 114 Å². The van der Waals surface area contributed by atoms with Gasteiger partial charge in [-0.3, -0.25) is 10.6 Å². The fourth-order valence-electron chi connectivity index (χ4n) is 4.46. The molecule has 270 valence electrons. The van der Waals surface area contributed by atoms with E-state index in [1.54, 1.807) is 31.2 Å². The highest BCUT2D eigenvalue weighted by Gasteiger charge is 2.19. The number of para-hydroxylation sites is 2. The summed E-state index contributed by atoms with van der Waals surface area (Å²) in [5.41, 5.74) is 3.83. The third-order valence-corrected chi connectivity index (χ3v) is 7.32. The zero-order valence-electron chi connectivity index (χ0n) is 29.3. The number of carbonyl (C=O) groups is 2. The molecule has 10 heteroatoms. The monoisotopic (exact) mass is 704 g/mol. The second-order valence-electron chi connectivity index (χ2n) is 11.6. The summed E-state index contributed by atoms with van der Waals surface area (Å²) in [6, 6.07) is 33.3. The van der Waals surface area contributed by atoms with Crippen LogP contribution in [0.2, 0.25) is 0 Å². The maximum absolute atomic E-state index is 12.8. The summed E-state index contributed by atoms with van der Waals surface area (Å²) in [4.78, 5) is 25.5.